The molecule has 0 aromatic rings. The molecule has 16 heavy (non-hydrogen) atoms. The number of hydrogen-bond donors (Lipinski definition) is 3. The Morgan fingerprint density at radius 3 is 2.62 bits per heavy atom. The van der Waals surface area contributed by atoms with Gasteiger partial charge >= 0.3 is 12.0 Å². The van der Waals surface area contributed by atoms with Crippen LogP contribution in [0, 0.1) is 0 Å². The summed E-state index contributed by atoms with van der Waals surface area (Å²) in [5.41, 5.74) is 0. The summed E-state index contributed by atoms with van der Waals surface area (Å²) in [6, 6.07) is -1.23. The molecule has 2 amide bonds. The molecule has 0 aromatic carbocycles. The summed E-state index contributed by atoms with van der Waals surface area (Å²) in [6.07, 6.45) is 2.77. The lowest BCUT2D eigenvalue weighted by Gasteiger charge is -2.15. The molecule has 1 aliphatic carbocycles. The monoisotopic (exact) mass is 230 g/mol. The number of carboxylic acids is 1. The first-order valence-electron chi connectivity index (χ1n) is 5.35. The van der Waals surface area contributed by atoms with Gasteiger partial charge in [0.05, 0.1) is 6.10 Å². The molecule has 6 nitrogen and oxygen atoms in total. The predicted molar refractivity (Wildman–Crippen MR) is 57.2 cm³/mol. The highest BCUT2D eigenvalue weighted by Gasteiger charge is 2.26. The second-order valence-corrected chi connectivity index (χ2v) is 4.05. The van der Waals surface area contributed by atoms with E-state index in [-0.39, 0.29) is 12.1 Å². The Balaban J connectivity index is 2.27. The zero-order valence-electron chi connectivity index (χ0n) is 9.53. The summed E-state index contributed by atoms with van der Waals surface area (Å²) in [4.78, 5) is 21.9. The number of hydrogen-bond acceptors (Lipinski definition) is 3. The summed E-state index contributed by atoms with van der Waals surface area (Å²) < 4.78 is 5.18. The number of rotatable bonds is 4. The van der Waals surface area contributed by atoms with Crippen LogP contribution >= 0.6 is 0 Å². The number of amides is 2. The number of carbonyl (C=O) groups is 2. The van der Waals surface area contributed by atoms with Gasteiger partial charge in [-0.2, -0.15) is 0 Å². The maximum atomic E-state index is 11.4. The van der Waals surface area contributed by atoms with Crippen molar-refractivity contribution in [3.8, 4) is 0 Å². The fourth-order valence-electron chi connectivity index (χ4n) is 1.77. The molecule has 0 aliphatic heterocycles. The molecule has 0 bridgehead atoms. The molecular weight excluding hydrogens is 212 g/mol. The minimum atomic E-state index is -1.05. The van der Waals surface area contributed by atoms with Crippen LogP contribution in [0.15, 0.2) is 0 Å². The average Bonchev–Trinajstić information content (AvgIpc) is 2.65. The lowest BCUT2D eigenvalue weighted by atomic mass is 10.2. The van der Waals surface area contributed by atoms with E-state index in [1.165, 1.54) is 6.92 Å². The number of ether oxygens (including phenoxy) is 1. The van der Waals surface area contributed by atoms with E-state index in [4.69, 9.17) is 9.84 Å². The summed E-state index contributed by atoms with van der Waals surface area (Å²) in [5, 5.41) is 13.7. The highest BCUT2D eigenvalue weighted by atomic mass is 16.5. The van der Waals surface area contributed by atoms with Crippen LogP contribution in [0.25, 0.3) is 0 Å². The fraction of sp³-hybridized carbons (Fsp3) is 0.800. The molecule has 1 saturated carbocycles. The molecule has 1 aliphatic rings. The number of carboxylic acid groups (broad SMARTS) is 1. The number of aliphatic carboxylic acids is 1. The minimum Gasteiger partial charge on any atom is -0.480 e. The predicted octanol–water partition coefficient (Wildman–Crippen LogP) is 0.326. The molecule has 6 heteroatoms. The Bertz CT molecular complexity index is 270. The van der Waals surface area contributed by atoms with Crippen molar-refractivity contribution in [3.05, 3.63) is 0 Å². The Kier molecular flexibility index (Phi) is 4.54. The maximum absolute atomic E-state index is 11.4. The van der Waals surface area contributed by atoms with E-state index in [1.807, 2.05) is 0 Å². The van der Waals surface area contributed by atoms with Gasteiger partial charge in [0.25, 0.3) is 0 Å². The summed E-state index contributed by atoms with van der Waals surface area (Å²) in [5.74, 6) is -1.05. The molecule has 92 valence electrons. The van der Waals surface area contributed by atoms with Crippen LogP contribution in [-0.4, -0.2) is 42.4 Å². The van der Waals surface area contributed by atoms with E-state index in [2.05, 4.69) is 10.6 Å². The summed E-state index contributed by atoms with van der Waals surface area (Å²) in [6.45, 7) is 1.43. The number of carbonyl (C=O) groups excluding carboxylic acids is 1. The third-order valence-electron chi connectivity index (χ3n) is 2.77. The van der Waals surface area contributed by atoms with E-state index in [0.717, 1.165) is 19.3 Å². The van der Waals surface area contributed by atoms with E-state index >= 15 is 0 Å². The molecule has 3 atom stereocenters. The Morgan fingerprint density at radius 2 is 2.12 bits per heavy atom. The van der Waals surface area contributed by atoms with E-state index in [9.17, 15) is 9.59 Å². The topological polar surface area (TPSA) is 87.7 Å². The number of nitrogens with one attached hydrogen (secondary N) is 2. The van der Waals surface area contributed by atoms with Crippen molar-refractivity contribution >= 4 is 12.0 Å². The Morgan fingerprint density at radius 1 is 1.44 bits per heavy atom. The summed E-state index contributed by atoms with van der Waals surface area (Å²) in [7, 11) is 1.65. The molecule has 0 spiro atoms. The smallest absolute Gasteiger partial charge is 0.325 e. The first-order chi connectivity index (χ1) is 7.52. The highest BCUT2D eigenvalue weighted by Crippen LogP contribution is 2.21. The van der Waals surface area contributed by atoms with Crippen molar-refractivity contribution in [2.24, 2.45) is 0 Å². The largest absolute Gasteiger partial charge is 0.480 e. The van der Waals surface area contributed by atoms with Crippen molar-refractivity contribution in [3.63, 3.8) is 0 Å². The standard InChI is InChI=1S/C10H18N2O4/c1-6(9(13)14)11-10(15)12-7-3-4-8(5-7)16-2/h6-8H,3-5H2,1-2H3,(H,13,14)(H2,11,12,15)/t6-,7?,8?/m1/s1. The second-order valence-electron chi connectivity index (χ2n) is 4.05. The maximum Gasteiger partial charge on any atom is 0.325 e. The molecular formula is C10H18N2O4. The first kappa shape index (κ1) is 12.8. The lowest BCUT2D eigenvalue weighted by Crippen LogP contribution is -2.47. The molecule has 3 N–H and O–H groups in total. The quantitative estimate of drug-likeness (QED) is 0.649. The third kappa shape index (κ3) is 3.69. The summed E-state index contributed by atoms with van der Waals surface area (Å²) >= 11 is 0. The van der Waals surface area contributed by atoms with Gasteiger partial charge in [-0.1, -0.05) is 0 Å². The molecule has 0 heterocycles. The van der Waals surface area contributed by atoms with Gasteiger partial charge in [0.2, 0.25) is 0 Å². The average molecular weight is 230 g/mol. The molecule has 0 aromatic heterocycles. The second kappa shape index (κ2) is 5.69. The SMILES string of the molecule is COC1CCC(NC(=O)N[C@H](C)C(=O)O)C1. The van der Waals surface area contributed by atoms with Crippen LogP contribution in [-0.2, 0) is 9.53 Å². The molecule has 0 saturated heterocycles. The van der Waals surface area contributed by atoms with Crippen molar-refractivity contribution in [1.29, 1.82) is 0 Å². The Hall–Kier alpha value is -1.30. The van der Waals surface area contributed by atoms with Crippen LogP contribution in [0.3, 0.4) is 0 Å². The fourth-order valence-corrected chi connectivity index (χ4v) is 1.77. The number of urea groups is 1. The first-order valence-corrected chi connectivity index (χ1v) is 5.35. The van der Waals surface area contributed by atoms with Crippen molar-refractivity contribution in [1.82, 2.24) is 10.6 Å². The van der Waals surface area contributed by atoms with Gasteiger partial charge in [0, 0.05) is 13.2 Å². The lowest BCUT2D eigenvalue weighted by molar-refractivity contribution is -0.138. The highest BCUT2D eigenvalue weighted by molar-refractivity contribution is 5.82. The van der Waals surface area contributed by atoms with Gasteiger partial charge in [-0.3, -0.25) is 4.79 Å². The van der Waals surface area contributed by atoms with Crippen LogP contribution < -0.4 is 10.6 Å². The van der Waals surface area contributed by atoms with Crippen LogP contribution in [0.5, 0.6) is 0 Å². The molecule has 0 radical (unpaired) electrons. The zero-order valence-corrected chi connectivity index (χ0v) is 9.53. The number of methoxy groups -OCH3 is 1. The van der Waals surface area contributed by atoms with Crippen LogP contribution in [0.1, 0.15) is 26.2 Å². The zero-order chi connectivity index (χ0) is 12.1. The van der Waals surface area contributed by atoms with Crippen molar-refractivity contribution in [2.45, 2.75) is 44.4 Å². The van der Waals surface area contributed by atoms with E-state index in [0.29, 0.717) is 0 Å². The van der Waals surface area contributed by atoms with Gasteiger partial charge < -0.3 is 20.5 Å². The van der Waals surface area contributed by atoms with Crippen LogP contribution in [0.2, 0.25) is 0 Å². The molecule has 1 rings (SSSR count). The van der Waals surface area contributed by atoms with Crippen molar-refractivity contribution in [2.75, 3.05) is 7.11 Å². The van der Waals surface area contributed by atoms with Gasteiger partial charge in [0.1, 0.15) is 6.04 Å². The Labute approximate surface area is 94.3 Å². The van der Waals surface area contributed by atoms with Crippen molar-refractivity contribution < 1.29 is 19.4 Å². The van der Waals surface area contributed by atoms with Gasteiger partial charge in [-0.05, 0) is 26.2 Å². The van der Waals surface area contributed by atoms with Gasteiger partial charge in [-0.25, -0.2) is 4.79 Å². The molecule has 2 unspecified atom stereocenters. The van der Waals surface area contributed by atoms with E-state index < -0.39 is 18.0 Å². The third-order valence-corrected chi connectivity index (χ3v) is 2.77. The van der Waals surface area contributed by atoms with Gasteiger partial charge in [0.15, 0.2) is 0 Å². The molecule has 1 fully saturated rings. The van der Waals surface area contributed by atoms with Crippen LogP contribution in [0.4, 0.5) is 4.79 Å². The minimum absolute atomic E-state index is 0.0749. The van der Waals surface area contributed by atoms with Gasteiger partial charge in [-0.15, -0.1) is 0 Å². The van der Waals surface area contributed by atoms with E-state index in [1.54, 1.807) is 7.11 Å². The normalized spacial score (nSPS) is 26.1.